The van der Waals surface area contributed by atoms with Crippen LogP contribution in [0.25, 0.3) is 0 Å². The van der Waals surface area contributed by atoms with Crippen molar-refractivity contribution in [2.24, 2.45) is 5.92 Å². The van der Waals surface area contributed by atoms with Crippen LogP contribution >= 0.6 is 0 Å². The van der Waals surface area contributed by atoms with E-state index in [1.54, 1.807) is 18.2 Å². The quantitative estimate of drug-likeness (QED) is 0.672. The molecular formula is C22H34N4O5S. The van der Waals surface area contributed by atoms with E-state index in [2.05, 4.69) is 15.3 Å². The molecular weight excluding hydrogens is 432 g/mol. The summed E-state index contributed by atoms with van der Waals surface area (Å²) in [6.07, 6.45) is 5.33. The zero-order chi connectivity index (χ0) is 23.7. The van der Waals surface area contributed by atoms with Gasteiger partial charge in [-0.3, -0.25) is 9.59 Å². The standard InChI is InChI=1S/C22H34N4O5S/c1-22(2,3)21-23-10-8-16(25-21)19(27)24-17-9-11-26(20(17)28)18-7-6-15(31-4)12-14(18)13-32(5,29)30/h8,10,14-15,17-18H,6-7,9,11-13H2,1-5H3,(H,24,27)/t14-,15+,17-,18-/m0/s1. The van der Waals surface area contributed by atoms with Crippen LogP contribution in [0.1, 0.15) is 62.8 Å². The SMILES string of the molecule is CO[C@@H]1CC[C@H](N2CC[C@H](NC(=O)c3ccnc(C(C)(C)C)n3)C2=O)[C@H](CS(C)(=O)=O)C1. The Hall–Kier alpha value is -2.07. The molecule has 0 radical (unpaired) electrons. The first-order valence-corrected chi connectivity index (χ1v) is 13.1. The molecule has 0 aromatic carbocycles. The third-order valence-corrected chi connectivity index (χ3v) is 7.28. The van der Waals surface area contributed by atoms with Crippen molar-refractivity contribution in [3.05, 3.63) is 23.8 Å². The van der Waals surface area contributed by atoms with E-state index in [4.69, 9.17) is 4.74 Å². The average Bonchev–Trinajstić information content (AvgIpc) is 3.06. The van der Waals surface area contributed by atoms with Gasteiger partial charge in [0.05, 0.1) is 11.9 Å². The molecule has 3 rings (SSSR count). The first-order valence-electron chi connectivity index (χ1n) is 11.0. The summed E-state index contributed by atoms with van der Waals surface area (Å²) in [5.74, 6) is -0.174. The van der Waals surface area contributed by atoms with E-state index < -0.39 is 21.8 Å². The van der Waals surface area contributed by atoms with E-state index >= 15 is 0 Å². The Kier molecular flexibility index (Phi) is 7.24. The zero-order valence-corrected chi connectivity index (χ0v) is 20.3. The van der Waals surface area contributed by atoms with Crippen molar-refractivity contribution in [1.82, 2.24) is 20.2 Å². The fourth-order valence-corrected chi connectivity index (χ4v) is 5.78. The number of ether oxygens (including phenoxy) is 1. The van der Waals surface area contributed by atoms with Gasteiger partial charge in [-0.05, 0) is 37.7 Å². The van der Waals surface area contributed by atoms with E-state index in [0.29, 0.717) is 31.6 Å². The predicted molar refractivity (Wildman–Crippen MR) is 120 cm³/mol. The third kappa shape index (κ3) is 5.83. The molecule has 2 aliphatic rings. The van der Waals surface area contributed by atoms with Gasteiger partial charge in [0.2, 0.25) is 5.91 Å². The first kappa shape index (κ1) is 24.6. The van der Waals surface area contributed by atoms with Crippen molar-refractivity contribution >= 4 is 21.7 Å². The Morgan fingerprint density at radius 1 is 1.28 bits per heavy atom. The number of amides is 2. The van der Waals surface area contributed by atoms with E-state index in [0.717, 1.165) is 6.42 Å². The van der Waals surface area contributed by atoms with Crippen molar-refractivity contribution in [2.75, 3.05) is 25.7 Å². The van der Waals surface area contributed by atoms with Gasteiger partial charge in [0.1, 0.15) is 27.4 Å². The fraction of sp³-hybridized carbons (Fsp3) is 0.727. The van der Waals surface area contributed by atoms with Crippen LogP contribution in [0.15, 0.2) is 12.3 Å². The van der Waals surface area contributed by atoms with Gasteiger partial charge in [0.25, 0.3) is 5.91 Å². The molecule has 2 heterocycles. The molecule has 2 amide bonds. The highest BCUT2D eigenvalue weighted by atomic mass is 32.2. The molecule has 2 fully saturated rings. The van der Waals surface area contributed by atoms with Crippen LogP contribution < -0.4 is 5.32 Å². The molecule has 0 spiro atoms. The number of sulfone groups is 1. The number of rotatable bonds is 6. The monoisotopic (exact) mass is 466 g/mol. The van der Waals surface area contributed by atoms with Crippen molar-refractivity contribution in [3.63, 3.8) is 0 Å². The maximum absolute atomic E-state index is 13.2. The molecule has 10 heteroatoms. The number of hydrogen-bond acceptors (Lipinski definition) is 7. The molecule has 9 nitrogen and oxygen atoms in total. The Labute approximate surface area is 190 Å². The second-order valence-electron chi connectivity index (χ2n) is 9.95. The summed E-state index contributed by atoms with van der Waals surface area (Å²) < 4.78 is 29.4. The van der Waals surface area contributed by atoms with Crippen molar-refractivity contribution in [1.29, 1.82) is 0 Å². The zero-order valence-electron chi connectivity index (χ0n) is 19.5. The summed E-state index contributed by atoms with van der Waals surface area (Å²) in [5, 5.41) is 2.81. The van der Waals surface area contributed by atoms with Crippen LogP contribution in [-0.2, 0) is 24.8 Å². The fourth-order valence-electron chi connectivity index (χ4n) is 4.64. The highest BCUT2D eigenvalue weighted by Gasteiger charge is 2.43. The molecule has 1 aliphatic heterocycles. The number of nitrogens with zero attached hydrogens (tertiary/aromatic N) is 3. The Morgan fingerprint density at radius 3 is 2.62 bits per heavy atom. The van der Waals surface area contributed by atoms with Crippen LogP contribution in [-0.4, -0.2) is 79.0 Å². The number of hydrogen-bond donors (Lipinski definition) is 1. The normalized spacial score (nSPS) is 26.9. The number of carbonyl (C=O) groups is 2. The summed E-state index contributed by atoms with van der Waals surface area (Å²) in [4.78, 5) is 36.3. The lowest BCUT2D eigenvalue weighted by molar-refractivity contribution is -0.133. The topological polar surface area (TPSA) is 119 Å². The maximum Gasteiger partial charge on any atom is 0.270 e. The van der Waals surface area contributed by atoms with Crippen molar-refractivity contribution in [3.8, 4) is 0 Å². The highest BCUT2D eigenvalue weighted by Crippen LogP contribution is 2.33. The number of aromatic nitrogens is 2. The number of methoxy groups -OCH3 is 1. The second kappa shape index (κ2) is 9.43. The van der Waals surface area contributed by atoms with Crippen LogP contribution in [0.2, 0.25) is 0 Å². The van der Waals surface area contributed by atoms with Gasteiger partial charge >= 0.3 is 0 Å². The summed E-state index contributed by atoms with van der Waals surface area (Å²) in [7, 11) is -1.57. The average molecular weight is 467 g/mol. The summed E-state index contributed by atoms with van der Waals surface area (Å²) in [6, 6.07) is 0.724. The van der Waals surface area contributed by atoms with Crippen LogP contribution in [0.4, 0.5) is 0 Å². The smallest absolute Gasteiger partial charge is 0.270 e. The first-order chi connectivity index (χ1) is 14.9. The molecule has 4 atom stereocenters. The lowest BCUT2D eigenvalue weighted by atomic mass is 9.83. The van der Waals surface area contributed by atoms with E-state index in [1.807, 2.05) is 20.8 Å². The lowest BCUT2D eigenvalue weighted by Crippen LogP contribution is -2.50. The molecule has 1 saturated heterocycles. The lowest BCUT2D eigenvalue weighted by Gasteiger charge is -2.40. The Morgan fingerprint density at radius 2 is 2.00 bits per heavy atom. The predicted octanol–water partition coefficient (Wildman–Crippen LogP) is 1.33. The molecule has 32 heavy (non-hydrogen) atoms. The molecule has 0 bridgehead atoms. The van der Waals surface area contributed by atoms with Gasteiger partial charge < -0.3 is 15.0 Å². The van der Waals surface area contributed by atoms with E-state index in [1.165, 1.54) is 12.3 Å². The summed E-state index contributed by atoms with van der Waals surface area (Å²) >= 11 is 0. The molecule has 1 aromatic rings. The number of likely N-dealkylation sites (tertiary alicyclic amines) is 1. The molecule has 1 saturated carbocycles. The maximum atomic E-state index is 13.2. The van der Waals surface area contributed by atoms with E-state index in [9.17, 15) is 18.0 Å². The largest absolute Gasteiger partial charge is 0.381 e. The molecule has 178 valence electrons. The van der Waals surface area contributed by atoms with Crippen LogP contribution in [0.5, 0.6) is 0 Å². The minimum atomic E-state index is -3.20. The van der Waals surface area contributed by atoms with E-state index in [-0.39, 0.29) is 40.8 Å². The minimum Gasteiger partial charge on any atom is -0.381 e. The van der Waals surface area contributed by atoms with Gasteiger partial charge in [-0.15, -0.1) is 0 Å². The van der Waals surface area contributed by atoms with Gasteiger partial charge in [0, 0.05) is 37.6 Å². The van der Waals surface area contributed by atoms with Crippen molar-refractivity contribution < 1.29 is 22.7 Å². The van der Waals surface area contributed by atoms with Gasteiger partial charge in [-0.25, -0.2) is 18.4 Å². The van der Waals surface area contributed by atoms with Gasteiger partial charge in [-0.2, -0.15) is 0 Å². The molecule has 1 aliphatic carbocycles. The summed E-state index contributed by atoms with van der Waals surface area (Å²) in [6.45, 7) is 6.39. The van der Waals surface area contributed by atoms with Gasteiger partial charge in [0.15, 0.2) is 0 Å². The second-order valence-corrected chi connectivity index (χ2v) is 12.1. The Balaban J connectivity index is 1.70. The summed E-state index contributed by atoms with van der Waals surface area (Å²) in [5.41, 5.74) is -0.0712. The van der Waals surface area contributed by atoms with Crippen LogP contribution in [0.3, 0.4) is 0 Å². The molecule has 1 N–H and O–H groups in total. The van der Waals surface area contributed by atoms with Crippen LogP contribution in [0, 0.1) is 5.92 Å². The molecule has 0 unspecified atom stereocenters. The number of carbonyl (C=O) groups excluding carboxylic acids is 2. The minimum absolute atomic E-state index is 0.000909. The van der Waals surface area contributed by atoms with Gasteiger partial charge in [-0.1, -0.05) is 20.8 Å². The Bertz CT molecular complexity index is 959. The third-order valence-electron chi connectivity index (χ3n) is 6.25. The molecule has 1 aromatic heterocycles. The highest BCUT2D eigenvalue weighted by molar-refractivity contribution is 7.90. The van der Waals surface area contributed by atoms with Crippen molar-refractivity contribution in [2.45, 2.75) is 70.1 Å². The number of nitrogens with one attached hydrogen (secondary N) is 1.